The first kappa shape index (κ1) is 8.20. The fourth-order valence-electron chi connectivity index (χ4n) is 0.544. The Hall–Kier alpha value is -0.900. The Labute approximate surface area is 72.2 Å². The summed E-state index contributed by atoms with van der Waals surface area (Å²) >= 11 is 3.12. The van der Waals surface area contributed by atoms with Crippen molar-refractivity contribution in [2.75, 3.05) is 0 Å². The van der Waals surface area contributed by atoms with Crippen molar-refractivity contribution < 1.29 is 9.32 Å². The van der Waals surface area contributed by atoms with E-state index in [1.54, 1.807) is 12.1 Å². The van der Waals surface area contributed by atoms with Crippen LogP contribution >= 0.6 is 15.9 Å². The molecular formula is C7H6BrNO2. The number of hydrogen-bond acceptors (Lipinski definition) is 3. The summed E-state index contributed by atoms with van der Waals surface area (Å²) in [5, 5.41) is 3.57. The van der Waals surface area contributed by atoms with Gasteiger partial charge in [0.1, 0.15) is 4.60 Å². The molecule has 0 atom stereocenters. The third-order valence-electron chi connectivity index (χ3n) is 0.982. The number of ketones is 1. The molecule has 1 rings (SSSR count). The van der Waals surface area contributed by atoms with Gasteiger partial charge in [-0.15, -0.1) is 0 Å². The first-order chi connectivity index (χ1) is 5.18. The summed E-state index contributed by atoms with van der Waals surface area (Å²) in [5.74, 6) is 0.546. The number of nitrogens with zero attached hydrogens (tertiary/aromatic N) is 1. The number of rotatable bonds is 2. The summed E-state index contributed by atoms with van der Waals surface area (Å²) in [7, 11) is 0. The van der Waals surface area contributed by atoms with E-state index in [2.05, 4.69) is 21.1 Å². The Morgan fingerprint density at radius 1 is 1.82 bits per heavy atom. The fourth-order valence-corrected chi connectivity index (χ4v) is 0.842. The quantitative estimate of drug-likeness (QED) is 0.710. The molecule has 0 aliphatic rings. The molecule has 1 aromatic rings. The number of halogens is 1. The van der Waals surface area contributed by atoms with Gasteiger partial charge in [-0.1, -0.05) is 5.16 Å². The lowest BCUT2D eigenvalue weighted by atomic mass is 10.3. The highest BCUT2D eigenvalue weighted by atomic mass is 79.9. The summed E-state index contributed by atoms with van der Waals surface area (Å²) in [6.07, 6.45) is 2.99. The molecule has 58 valence electrons. The van der Waals surface area contributed by atoms with Gasteiger partial charge in [-0.2, -0.15) is 0 Å². The van der Waals surface area contributed by atoms with Crippen molar-refractivity contribution in [2.24, 2.45) is 0 Å². The molecule has 0 amide bonds. The molecule has 0 saturated heterocycles. The number of allylic oxidation sites excluding steroid dienone is 1. The number of carbonyl (C=O) groups is 1. The fraction of sp³-hybridized carbons (Fsp3) is 0.143. The molecule has 4 heteroatoms. The van der Waals surface area contributed by atoms with Gasteiger partial charge in [0.15, 0.2) is 11.5 Å². The maximum Gasteiger partial charge on any atom is 0.160 e. The largest absolute Gasteiger partial charge is 0.356 e. The minimum Gasteiger partial charge on any atom is -0.356 e. The van der Waals surface area contributed by atoms with Crippen molar-refractivity contribution in [1.82, 2.24) is 5.16 Å². The lowest BCUT2D eigenvalue weighted by Crippen LogP contribution is -1.78. The Balaban J connectivity index is 2.71. The molecule has 0 N–H and O–H groups in total. The van der Waals surface area contributed by atoms with Crippen LogP contribution in [0.25, 0.3) is 6.08 Å². The Morgan fingerprint density at radius 3 is 3.00 bits per heavy atom. The van der Waals surface area contributed by atoms with Crippen molar-refractivity contribution in [1.29, 1.82) is 0 Å². The molecule has 0 spiro atoms. The Bertz CT molecular complexity index is 290. The van der Waals surface area contributed by atoms with Crippen LogP contribution < -0.4 is 0 Å². The van der Waals surface area contributed by atoms with E-state index < -0.39 is 0 Å². The highest BCUT2D eigenvalue weighted by Crippen LogP contribution is 2.10. The lowest BCUT2D eigenvalue weighted by Gasteiger charge is -1.77. The van der Waals surface area contributed by atoms with E-state index in [0.29, 0.717) is 10.4 Å². The van der Waals surface area contributed by atoms with E-state index in [-0.39, 0.29) is 5.78 Å². The molecule has 0 aliphatic heterocycles. The zero-order valence-corrected chi connectivity index (χ0v) is 7.46. The second kappa shape index (κ2) is 3.48. The zero-order chi connectivity index (χ0) is 8.27. The average Bonchev–Trinajstić information content (AvgIpc) is 2.31. The number of hydrogen-bond donors (Lipinski definition) is 0. The zero-order valence-electron chi connectivity index (χ0n) is 5.87. The van der Waals surface area contributed by atoms with Gasteiger partial charge in [-0.25, -0.2) is 0 Å². The van der Waals surface area contributed by atoms with Crippen LogP contribution in [0.2, 0.25) is 0 Å². The molecule has 11 heavy (non-hydrogen) atoms. The van der Waals surface area contributed by atoms with Gasteiger partial charge < -0.3 is 4.52 Å². The maximum atomic E-state index is 10.5. The van der Waals surface area contributed by atoms with E-state index in [4.69, 9.17) is 4.52 Å². The molecule has 0 saturated carbocycles. The van der Waals surface area contributed by atoms with E-state index in [0.717, 1.165) is 0 Å². The normalized spacial score (nSPS) is 10.7. The molecule has 1 heterocycles. The summed E-state index contributed by atoms with van der Waals surface area (Å²) in [4.78, 5) is 10.5. The van der Waals surface area contributed by atoms with Gasteiger partial charge in [-0.05, 0) is 35.0 Å². The van der Waals surface area contributed by atoms with Crippen molar-refractivity contribution in [3.05, 3.63) is 22.5 Å². The van der Waals surface area contributed by atoms with E-state index >= 15 is 0 Å². The standard InChI is InChI=1S/C7H6BrNO2/c1-5(10)2-3-6-4-7(8)9-11-6/h2-4H,1H3/b3-2+. The first-order valence-corrected chi connectivity index (χ1v) is 3.78. The van der Waals surface area contributed by atoms with Crippen molar-refractivity contribution >= 4 is 27.8 Å². The second-order valence-electron chi connectivity index (χ2n) is 2.00. The molecule has 0 aromatic carbocycles. The highest BCUT2D eigenvalue weighted by Gasteiger charge is 1.95. The minimum atomic E-state index is -0.0162. The monoisotopic (exact) mass is 215 g/mol. The second-order valence-corrected chi connectivity index (χ2v) is 2.81. The average molecular weight is 216 g/mol. The van der Waals surface area contributed by atoms with Gasteiger partial charge in [-0.3, -0.25) is 4.79 Å². The van der Waals surface area contributed by atoms with Crippen molar-refractivity contribution in [2.45, 2.75) is 6.92 Å². The number of carbonyl (C=O) groups excluding carboxylic acids is 1. The smallest absolute Gasteiger partial charge is 0.160 e. The Kier molecular flexibility index (Phi) is 2.59. The van der Waals surface area contributed by atoms with Crippen LogP contribution in [0.4, 0.5) is 0 Å². The van der Waals surface area contributed by atoms with E-state index in [9.17, 15) is 4.79 Å². The third kappa shape index (κ3) is 2.67. The summed E-state index contributed by atoms with van der Waals surface area (Å²) in [6.45, 7) is 1.47. The van der Waals surface area contributed by atoms with Crippen LogP contribution in [0.1, 0.15) is 12.7 Å². The third-order valence-corrected chi connectivity index (χ3v) is 1.36. The SMILES string of the molecule is CC(=O)/C=C/c1cc(Br)no1. The van der Waals surface area contributed by atoms with Gasteiger partial charge in [0.25, 0.3) is 0 Å². The maximum absolute atomic E-state index is 10.5. The van der Waals surface area contributed by atoms with Crippen LogP contribution in [0.15, 0.2) is 21.3 Å². The van der Waals surface area contributed by atoms with Crippen LogP contribution in [-0.2, 0) is 4.79 Å². The molecule has 0 fully saturated rings. The predicted octanol–water partition coefficient (Wildman–Crippen LogP) is 2.04. The van der Waals surface area contributed by atoms with Gasteiger partial charge in [0, 0.05) is 6.07 Å². The van der Waals surface area contributed by atoms with E-state index in [1.807, 2.05) is 0 Å². The first-order valence-electron chi connectivity index (χ1n) is 2.99. The molecule has 3 nitrogen and oxygen atoms in total. The topological polar surface area (TPSA) is 43.1 Å². The summed E-state index contributed by atoms with van der Waals surface area (Å²) in [5.41, 5.74) is 0. The molecular weight excluding hydrogens is 210 g/mol. The van der Waals surface area contributed by atoms with Crippen molar-refractivity contribution in [3.63, 3.8) is 0 Å². The molecule has 0 bridgehead atoms. The van der Waals surface area contributed by atoms with Crippen LogP contribution in [0.3, 0.4) is 0 Å². The molecule has 0 aliphatic carbocycles. The van der Waals surface area contributed by atoms with Crippen molar-refractivity contribution in [3.8, 4) is 0 Å². The Morgan fingerprint density at radius 2 is 2.55 bits per heavy atom. The predicted molar refractivity (Wildman–Crippen MR) is 43.9 cm³/mol. The molecule has 1 aromatic heterocycles. The molecule has 0 unspecified atom stereocenters. The van der Waals surface area contributed by atoms with Crippen LogP contribution in [0, 0.1) is 0 Å². The lowest BCUT2D eigenvalue weighted by molar-refractivity contribution is -0.112. The van der Waals surface area contributed by atoms with Crippen LogP contribution in [0.5, 0.6) is 0 Å². The van der Waals surface area contributed by atoms with E-state index in [1.165, 1.54) is 13.0 Å². The van der Waals surface area contributed by atoms with Gasteiger partial charge >= 0.3 is 0 Å². The summed E-state index contributed by atoms with van der Waals surface area (Å²) in [6, 6.07) is 1.68. The van der Waals surface area contributed by atoms with Crippen LogP contribution in [-0.4, -0.2) is 10.9 Å². The minimum absolute atomic E-state index is 0.0162. The van der Waals surface area contributed by atoms with Gasteiger partial charge in [0.2, 0.25) is 0 Å². The summed E-state index contributed by atoms with van der Waals surface area (Å²) < 4.78 is 5.40. The van der Waals surface area contributed by atoms with Gasteiger partial charge in [0.05, 0.1) is 0 Å². The molecule has 0 radical (unpaired) electrons. The highest BCUT2D eigenvalue weighted by molar-refractivity contribution is 9.10. The number of aromatic nitrogens is 1.